The van der Waals surface area contributed by atoms with Gasteiger partial charge < -0.3 is 35.4 Å². The van der Waals surface area contributed by atoms with Gasteiger partial charge in [-0.15, -0.1) is 11.3 Å². The number of piperazine rings is 1. The van der Waals surface area contributed by atoms with E-state index in [4.69, 9.17) is 9.47 Å². The lowest BCUT2D eigenvalue weighted by Crippen LogP contribution is -2.63. The van der Waals surface area contributed by atoms with Crippen molar-refractivity contribution in [3.63, 3.8) is 0 Å². The second-order valence-electron chi connectivity index (χ2n) is 16.8. The molecule has 1 aliphatic rings. The van der Waals surface area contributed by atoms with Crippen LogP contribution in [0.1, 0.15) is 75.4 Å². The highest BCUT2D eigenvalue weighted by Crippen LogP contribution is 2.29. The summed E-state index contributed by atoms with van der Waals surface area (Å²) in [4.78, 5) is 52.4. The molecule has 13 nitrogen and oxygen atoms in total. The number of nitrogens with zero attached hydrogens (tertiary/aromatic N) is 4. The van der Waals surface area contributed by atoms with Gasteiger partial charge in [-0.05, 0) is 56.4 Å². The highest BCUT2D eigenvalue weighted by Gasteiger charge is 2.37. The van der Waals surface area contributed by atoms with Crippen molar-refractivity contribution < 1.29 is 29.0 Å². The molecule has 1 fully saturated rings. The number of urea groups is 1. The first-order valence-corrected chi connectivity index (χ1v) is 20.7. The van der Waals surface area contributed by atoms with E-state index < -0.39 is 29.6 Å². The predicted molar refractivity (Wildman–Crippen MR) is 226 cm³/mol. The number of carbonyl (C=O) groups excluding carboxylic acids is 3. The molecule has 0 aliphatic carbocycles. The number of nitrogens with one attached hydrogen (secondary N) is 3. The Labute approximate surface area is 343 Å². The molecule has 1 aliphatic heterocycles. The van der Waals surface area contributed by atoms with Crippen LogP contribution in [0.5, 0.6) is 11.5 Å². The van der Waals surface area contributed by atoms with Crippen LogP contribution in [-0.4, -0.2) is 120 Å². The fourth-order valence-corrected chi connectivity index (χ4v) is 7.89. The molecule has 4 N–H and O–H groups in total. The second kappa shape index (κ2) is 21.0. The van der Waals surface area contributed by atoms with Gasteiger partial charge in [0.25, 0.3) is 0 Å². The van der Waals surface area contributed by atoms with Gasteiger partial charge in [0.1, 0.15) is 6.04 Å². The number of amides is 4. The number of hydrogen-bond donors (Lipinski definition) is 4. The molecule has 4 atom stereocenters. The molecular weight excluding hydrogens is 743 g/mol. The van der Waals surface area contributed by atoms with Crippen molar-refractivity contribution in [2.24, 2.45) is 11.8 Å². The Kier molecular flexibility index (Phi) is 16.7. The minimum atomic E-state index is -1.000. The predicted octanol–water partition coefficient (Wildman–Crippen LogP) is 4.89. The van der Waals surface area contributed by atoms with Gasteiger partial charge in [0.05, 0.1) is 43.8 Å². The van der Waals surface area contributed by atoms with Gasteiger partial charge in [0, 0.05) is 68.8 Å². The van der Waals surface area contributed by atoms with Crippen LogP contribution < -0.4 is 25.4 Å². The third-order valence-electron chi connectivity index (χ3n) is 10.2. The molecule has 4 amide bonds. The number of carbonyl (C=O) groups is 3. The van der Waals surface area contributed by atoms with Crippen molar-refractivity contribution >= 4 is 29.2 Å². The highest BCUT2D eigenvalue weighted by atomic mass is 32.1. The van der Waals surface area contributed by atoms with E-state index >= 15 is 0 Å². The Bertz CT molecular complexity index is 1750. The Morgan fingerprint density at radius 1 is 1.00 bits per heavy atom. The Hall–Kier alpha value is -4.24. The van der Waals surface area contributed by atoms with Crippen LogP contribution in [0, 0.1) is 11.8 Å². The number of hydrogen-bond acceptors (Lipinski definition) is 10. The molecule has 0 radical (unpaired) electrons. The zero-order valence-corrected chi connectivity index (χ0v) is 36.3. The topological polar surface area (TPSA) is 149 Å². The molecular formula is C43H65N7O6S. The largest absolute Gasteiger partial charge is 0.493 e. The number of aliphatic hydroxyl groups excluding tert-OH is 1. The summed E-state index contributed by atoms with van der Waals surface area (Å²) in [7, 11) is 4.95. The van der Waals surface area contributed by atoms with Crippen molar-refractivity contribution in [1.82, 2.24) is 35.6 Å². The van der Waals surface area contributed by atoms with Gasteiger partial charge >= 0.3 is 6.03 Å². The quantitative estimate of drug-likeness (QED) is 0.141. The van der Waals surface area contributed by atoms with E-state index in [1.54, 1.807) is 37.5 Å². The number of ether oxygens (including phenoxy) is 2. The Morgan fingerprint density at radius 3 is 2.32 bits per heavy atom. The van der Waals surface area contributed by atoms with E-state index in [0.717, 1.165) is 21.0 Å². The summed E-state index contributed by atoms with van der Waals surface area (Å²) in [6.07, 6.45) is 1.20. The van der Waals surface area contributed by atoms with Crippen molar-refractivity contribution in [3.8, 4) is 11.5 Å². The Balaban J connectivity index is 1.47. The molecule has 2 aromatic carbocycles. The van der Waals surface area contributed by atoms with Crippen LogP contribution in [0.3, 0.4) is 0 Å². The number of aromatic nitrogens is 1. The average Bonchev–Trinajstić information content (AvgIpc) is 3.63. The minimum absolute atomic E-state index is 0.0931. The van der Waals surface area contributed by atoms with Crippen LogP contribution in [-0.2, 0) is 29.1 Å². The molecule has 3 aromatic rings. The minimum Gasteiger partial charge on any atom is -0.493 e. The number of thiazole rings is 1. The van der Waals surface area contributed by atoms with Crippen molar-refractivity contribution in [1.29, 1.82) is 0 Å². The molecule has 0 saturated carbocycles. The number of methoxy groups -OCH3 is 2. The van der Waals surface area contributed by atoms with Gasteiger partial charge in [0.2, 0.25) is 11.8 Å². The van der Waals surface area contributed by atoms with Crippen LogP contribution in [0.2, 0.25) is 0 Å². The molecule has 1 aromatic heterocycles. The van der Waals surface area contributed by atoms with Crippen LogP contribution in [0.25, 0.3) is 0 Å². The van der Waals surface area contributed by atoms with E-state index in [0.29, 0.717) is 56.6 Å². The van der Waals surface area contributed by atoms with Crippen LogP contribution in [0.4, 0.5) is 4.79 Å². The SMILES string of the molecule is COc1ccc(CN2CCN(C[C@H](O)[C@@H](Cc3ccccc3)NC(=O)[C@@H](CNC(=O)N(C)Cc3cnc(C(C)C)s3)C(C)C)[C@@H](C(=O)NC(C)(C)C)C2)cc1OC. The van der Waals surface area contributed by atoms with Gasteiger partial charge in [0.15, 0.2) is 11.5 Å². The summed E-state index contributed by atoms with van der Waals surface area (Å²) in [5.74, 6) is 0.605. The summed E-state index contributed by atoms with van der Waals surface area (Å²) in [6.45, 7) is 16.9. The number of aliphatic hydroxyl groups is 1. The van der Waals surface area contributed by atoms with Crippen molar-refractivity contribution in [2.75, 3.05) is 54.0 Å². The van der Waals surface area contributed by atoms with E-state index in [9.17, 15) is 19.5 Å². The molecule has 0 spiro atoms. The van der Waals surface area contributed by atoms with E-state index in [-0.39, 0.29) is 36.9 Å². The molecule has 57 heavy (non-hydrogen) atoms. The highest BCUT2D eigenvalue weighted by molar-refractivity contribution is 7.11. The summed E-state index contributed by atoms with van der Waals surface area (Å²) < 4.78 is 10.9. The summed E-state index contributed by atoms with van der Waals surface area (Å²) >= 11 is 1.59. The summed E-state index contributed by atoms with van der Waals surface area (Å²) in [6, 6.07) is 14.1. The van der Waals surface area contributed by atoms with Gasteiger partial charge in [-0.2, -0.15) is 0 Å². The molecule has 4 rings (SSSR count). The van der Waals surface area contributed by atoms with Gasteiger partial charge in [-0.25, -0.2) is 9.78 Å². The average molecular weight is 808 g/mol. The number of benzene rings is 2. The summed E-state index contributed by atoms with van der Waals surface area (Å²) in [5.41, 5.74) is 1.54. The fraction of sp³-hybridized carbons (Fsp3) is 0.581. The zero-order valence-electron chi connectivity index (χ0n) is 35.5. The molecule has 1 saturated heterocycles. The molecule has 0 unspecified atom stereocenters. The summed E-state index contributed by atoms with van der Waals surface area (Å²) in [5, 5.41) is 22.3. The normalized spacial score (nSPS) is 16.8. The monoisotopic (exact) mass is 807 g/mol. The maximum atomic E-state index is 14.1. The second-order valence-corrected chi connectivity index (χ2v) is 17.9. The first kappa shape index (κ1) is 45.5. The number of rotatable bonds is 18. The molecule has 2 heterocycles. The molecule has 314 valence electrons. The standard InChI is InChI=1S/C43H65N7O6S/c1-28(2)33(23-45-42(54)48(8)25-32-22-44-41(57-32)29(3)4)39(52)46-34(20-30-14-12-11-13-15-30)36(51)27-50-19-18-49(26-35(50)40(53)47-43(5,6)7)24-31-16-17-37(55-9)38(21-31)56-10/h11-17,21-22,28-29,33-36,51H,18-20,23-27H2,1-10H3,(H,45,54)(H,46,52)(H,47,53)/t33-,34+,35+,36-/m0/s1. The van der Waals surface area contributed by atoms with Gasteiger partial charge in [-0.3, -0.25) is 19.4 Å². The van der Waals surface area contributed by atoms with Gasteiger partial charge in [-0.1, -0.05) is 64.1 Å². The molecule has 14 heteroatoms. The lowest BCUT2D eigenvalue weighted by atomic mass is 9.93. The van der Waals surface area contributed by atoms with E-state index in [1.807, 2.05) is 94.2 Å². The van der Waals surface area contributed by atoms with E-state index in [1.165, 1.54) is 0 Å². The smallest absolute Gasteiger partial charge is 0.317 e. The lowest BCUT2D eigenvalue weighted by Gasteiger charge is -2.43. The van der Waals surface area contributed by atoms with Crippen molar-refractivity contribution in [2.45, 2.75) is 97.6 Å². The first-order chi connectivity index (χ1) is 27.0. The fourth-order valence-electron chi connectivity index (χ4n) is 6.92. The number of β-amino-alcohol motifs (C(OH)–C–C–N with tert-alkyl or cyclic N) is 1. The van der Waals surface area contributed by atoms with Crippen LogP contribution >= 0.6 is 11.3 Å². The Morgan fingerprint density at radius 2 is 1.70 bits per heavy atom. The maximum Gasteiger partial charge on any atom is 0.317 e. The zero-order chi connectivity index (χ0) is 41.9. The van der Waals surface area contributed by atoms with Crippen molar-refractivity contribution in [3.05, 3.63) is 75.7 Å². The molecule has 0 bridgehead atoms. The van der Waals surface area contributed by atoms with E-state index in [2.05, 4.69) is 39.7 Å². The third kappa shape index (κ3) is 13.7. The maximum absolute atomic E-state index is 14.1. The first-order valence-electron chi connectivity index (χ1n) is 19.9. The lowest BCUT2D eigenvalue weighted by molar-refractivity contribution is -0.132. The van der Waals surface area contributed by atoms with Crippen LogP contribution in [0.15, 0.2) is 54.7 Å². The third-order valence-corrected chi connectivity index (χ3v) is 11.4.